The summed E-state index contributed by atoms with van der Waals surface area (Å²) in [5.74, 6) is -8.31. The van der Waals surface area contributed by atoms with Gasteiger partial charge in [-0.1, -0.05) is 122 Å². The molecule has 2 heterocycles. The third-order valence-corrected chi connectivity index (χ3v) is 15.3. The molecule has 0 aromatic heterocycles. The number of ether oxygens (including phenoxy) is 6. The normalized spacial score (nSPS) is 24.2. The minimum Gasteiger partial charge on any atom is -0.451 e. The van der Waals surface area contributed by atoms with Gasteiger partial charge in [-0.15, -0.1) is 13.2 Å². The number of benzene rings is 3. The number of nitrogens with zero attached hydrogens (tertiary/aromatic N) is 5. The minimum absolute atomic E-state index is 0.0227. The number of rotatable bonds is 16. The highest BCUT2D eigenvalue weighted by Gasteiger charge is 2.43. The van der Waals surface area contributed by atoms with Gasteiger partial charge in [0.2, 0.25) is 0 Å². The zero-order chi connectivity index (χ0) is 63.9. The Morgan fingerprint density at radius 2 is 0.791 bits per heavy atom. The van der Waals surface area contributed by atoms with Crippen molar-refractivity contribution in [1.82, 2.24) is 24.5 Å². The summed E-state index contributed by atoms with van der Waals surface area (Å²) >= 11 is 0. The molecule has 0 unspecified atom stereocenters. The fourth-order valence-corrected chi connectivity index (χ4v) is 10.7. The molecule has 3 aromatic carbocycles. The monoisotopic (exact) mass is 1210 g/mol. The van der Waals surface area contributed by atoms with Crippen LogP contribution in [0, 0.1) is 23.7 Å². The molecule has 2 aliphatic heterocycles. The van der Waals surface area contributed by atoms with E-state index >= 15 is 4.79 Å². The van der Waals surface area contributed by atoms with Crippen molar-refractivity contribution in [2.45, 2.75) is 169 Å². The first kappa shape index (κ1) is 69.7. The highest BCUT2D eigenvalue weighted by molar-refractivity contribution is 5.94. The summed E-state index contributed by atoms with van der Waals surface area (Å²) in [7, 11) is 5.43. The van der Waals surface area contributed by atoms with Gasteiger partial charge in [-0.2, -0.15) is 0 Å². The van der Waals surface area contributed by atoms with E-state index in [1.54, 1.807) is 66.7 Å². The summed E-state index contributed by atoms with van der Waals surface area (Å²) in [6.45, 7) is 19.1. The number of hydrogen-bond donors (Lipinski definition) is 0. The summed E-state index contributed by atoms with van der Waals surface area (Å²) in [5.41, 5.74) is 2.52. The fraction of sp³-hybridized carbons (Fsp3) is 0.594. The summed E-state index contributed by atoms with van der Waals surface area (Å²) in [6, 6.07) is 15.6. The standard InChI is InChI=1S/C64H88F3N5O14/c1-38(2)32-49-60(77)82-43(10)57(74)69(12)52(35-41(7)8)63(80)85-54(37-45-20-22-46(23-21-45)55(72-28-30-81-31-29-72)47-24-26-48(27-25-47)86-64(65,66)67)59(76)71(14)50(33-39(3)4)61(78)83-42(9)56(73)68(11)51(34-40(5)6)62(79)84-53(58(75)70(49)13)36-44-18-16-15-17-19-44/h15-27,38-43,49-55H,28-37H2,1-14H3/t42-,43+,49+,50+,51+,52+,53-,54-,55+/m1/s1. The summed E-state index contributed by atoms with van der Waals surface area (Å²) < 4.78 is 73.2. The molecule has 0 radical (unpaired) electrons. The largest absolute Gasteiger partial charge is 0.573 e. The smallest absolute Gasteiger partial charge is 0.451 e. The Labute approximate surface area is 504 Å². The van der Waals surface area contributed by atoms with Crippen LogP contribution in [0.4, 0.5) is 13.2 Å². The molecule has 4 amide bonds. The van der Waals surface area contributed by atoms with Gasteiger partial charge in [0.05, 0.1) is 19.3 Å². The average molecular weight is 1210 g/mol. The number of esters is 4. The molecular formula is C64H88F3N5O14. The van der Waals surface area contributed by atoms with Crippen LogP contribution in [-0.4, -0.2) is 181 Å². The SMILES string of the molecule is CC(C)C[C@H]1C(=O)O[C@H](Cc2ccc([C@@H](c3ccc(OC(F)(F)F)cc3)N3CCOCC3)cc2)C(=O)N(C)[C@@H](CC(C)C)C(=O)O[C@H](C)C(=O)N(C)[C@@H](CC(C)C)C(=O)O[C@H](Cc2ccccc2)C(=O)N(C)[C@@H](CC(C)C)C(=O)O[C@@H](C)C(=O)N1C. The van der Waals surface area contributed by atoms with Gasteiger partial charge in [-0.25, -0.2) is 19.2 Å². The Morgan fingerprint density at radius 3 is 1.14 bits per heavy atom. The van der Waals surface area contributed by atoms with Crippen molar-refractivity contribution in [3.63, 3.8) is 0 Å². The van der Waals surface area contributed by atoms with E-state index in [0.29, 0.717) is 43.0 Å². The molecule has 2 aliphatic rings. The van der Waals surface area contributed by atoms with Crippen LogP contribution >= 0.6 is 0 Å². The van der Waals surface area contributed by atoms with Crippen molar-refractivity contribution in [3.05, 3.63) is 101 Å². The van der Waals surface area contributed by atoms with E-state index in [0.717, 1.165) is 25.2 Å². The molecule has 0 spiro atoms. The lowest BCUT2D eigenvalue weighted by atomic mass is 9.94. The van der Waals surface area contributed by atoms with Gasteiger partial charge < -0.3 is 48.0 Å². The maximum atomic E-state index is 15.2. The first-order chi connectivity index (χ1) is 40.4. The molecular weight excluding hydrogens is 1120 g/mol. The van der Waals surface area contributed by atoms with Crippen LogP contribution in [0.25, 0.3) is 0 Å². The van der Waals surface area contributed by atoms with Crippen LogP contribution in [-0.2, 0) is 74.9 Å². The Morgan fingerprint density at radius 1 is 0.465 bits per heavy atom. The molecule has 0 aliphatic carbocycles. The van der Waals surface area contributed by atoms with Crippen LogP contribution in [0.1, 0.15) is 123 Å². The topological polar surface area (TPSA) is 208 Å². The number of halogens is 3. The second kappa shape index (κ2) is 31.5. The predicted molar refractivity (Wildman–Crippen MR) is 313 cm³/mol. The first-order valence-electron chi connectivity index (χ1n) is 29.6. The first-order valence-corrected chi connectivity index (χ1v) is 29.6. The van der Waals surface area contributed by atoms with Gasteiger partial charge in [0.15, 0.2) is 24.4 Å². The summed E-state index contributed by atoms with van der Waals surface area (Å²) in [4.78, 5) is 124. The van der Waals surface area contributed by atoms with Crippen LogP contribution in [0.15, 0.2) is 78.9 Å². The third-order valence-electron chi connectivity index (χ3n) is 15.3. The van der Waals surface area contributed by atoms with Gasteiger partial charge >= 0.3 is 30.2 Å². The number of cyclic esters (lactones) is 4. The van der Waals surface area contributed by atoms with E-state index in [9.17, 15) is 46.7 Å². The molecule has 5 rings (SSSR count). The quantitative estimate of drug-likeness (QED) is 0.0984. The van der Waals surface area contributed by atoms with Gasteiger partial charge in [0.25, 0.3) is 23.6 Å². The molecule has 22 heteroatoms. The third kappa shape index (κ3) is 19.7. The number of hydrogen-bond acceptors (Lipinski definition) is 15. The Kier molecular flexibility index (Phi) is 25.6. The number of carbonyl (C=O) groups excluding carboxylic acids is 8. The Bertz CT molecular complexity index is 2740. The van der Waals surface area contributed by atoms with E-state index in [2.05, 4.69) is 9.64 Å². The molecule has 474 valence electrons. The van der Waals surface area contributed by atoms with E-state index < -0.39 is 108 Å². The van der Waals surface area contributed by atoms with Crippen molar-refractivity contribution in [3.8, 4) is 5.75 Å². The van der Waals surface area contributed by atoms with Gasteiger partial charge in [-0.3, -0.25) is 24.1 Å². The van der Waals surface area contributed by atoms with Crippen molar-refractivity contribution in [2.75, 3.05) is 54.5 Å². The summed E-state index contributed by atoms with van der Waals surface area (Å²) in [6.07, 6.45) is -11.3. The van der Waals surface area contributed by atoms with Crippen molar-refractivity contribution in [2.24, 2.45) is 23.7 Å². The highest BCUT2D eigenvalue weighted by Crippen LogP contribution is 2.33. The molecule has 2 saturated heterocycles. The molecule has 19 nitrogen and oxygen atoms in total. The molecule has 86 heavy (non-hydrogen) atoms. The lowest BCUT2D eigenvalue weighted by Crippen LogP contribution is -2.55. The fourth-order valence-electron chi connectivity index (χ4n) is 10.7. The molecule has 0 N–H and O–H groups in total. The van der Waals surface area contributed by atoms with Crippen LogP contribution in [0.2, 0.25) is 0 Å². The number of carbonyl (C=O) groups is 8. The van der Waals surface area contributed by atoms with Crippen LogP contribution in [0.5, 0.6) is 5.75 Å². The van der Waals surface area contributed by atoms with E-state index in [-0.39, 0.29) is 67.9 Å². The van der Waals surface area contributed by atoms with E-state index in [1.807, 2.05) is 55.4 Å². The predicted octanol–water partition coefficient (Wildman–Crippen LogP) is 7.99. The van der Waals surface area contributed by atoms with Crippen molar-refractivity contribution < 1.29 is 79.9 Å². The maximum absolute atomic E-state index is 15.2. The van der Waals surface area contributed by atoms with Gasteiger partial charge in [0, 0.05) is 54.1 Å². The molecule has 0 bridgehead atoms. The number of amides is 4. The maximum Gasteiger partial charge on any atom is 0.573 e. The Hall–Kier alpha value is -7.07. The van der Waals surface area contributed by atoms with E-state index in [4.69, 9.17) is 23.7 Å². The molecule has 9 atom stereocenters. The zero-order valence-electron chi connectivity index (χ0n) is 52.2. The molecule has 2 fully saturated rings. The number of morpholine rings is 1. The Balaban J connectivity index is 1.61. The number of alkyl halides is 3. The molecule has 0 saturated carbocycles. The second-order valence-electron chi connectivity index (χ2n) is 24.2. The lowest BCUT2D eigenvalue weighted by Gasteiger charge is -2.35. The zero-order valence-corrected chi connectivity index (χ0v) is 52.2. The summed E-state index contributed by atoms with van der Waals surface area (Å²) in [5, 5.41) is 0. The minimum atomic E-state index is -4.88. The van der Waals surface area contributed by atoms with Gasteiger partial charge in [0.1, 0.15) is 29.9 Å². The average Bonchev–Trinajstić information content (AvgIpc) is 2.95. The van der Waals surface area contributed by atoms with Crippen LogP contribution < -0.4 is 4.74 Å². The van der Waals surface area contributed by atoms with Crippen LogP contribution in [0.3, 0.4) is 0 Å². The second-order valence-corrected chi connectivity index (χ2v) is 24.2. The van der Waals surface area contributed by atoms with Crippen molar-refractivity contribution in [1.29, 1.82) is 0 Å². The lowest BCUT2D eigenvalue weighted by molar-refractivity contribution is -0.274. The number of likely N-dealkylation sites (N-methyl/N-ethyl adjacent to an activating group) is 4. The van der Waals surface area contributed by atoms with E-state index in [1.165, 1.54) is 54.2 Å². The van der Waals surface area contributed by atoms with Gasteiger partial charge in [-0.05, 0) is 97.6 Å². The van der Waals surface area contributed by atoms with Crippen molar-refractivity contribution >= 4 is 47.5 Å². The molecule has 3 aromatic rings. The highest BCUT2D eigenvalue weighted by atomic mass is 19.4.